The molecule has 276 valence electrons. The molecular weight excluding hydrogens is 695 g/mol. The lowest BCUT2D eigenvalue weighted by Gasteiger charge is -2.38. The highest BCUT2D eigenvalue weighted by Crippen LogP contribution is 2.51. The van der Waals surface area contributed by atoms with E-state index < -0.39 is 16.1 Å². The fourth-order valence-electron chi connectivity index (χ4n) is 8.19. The van der Waals surface area contributed by atoms with E-state index in [2.05, 4.69) is 224 Å². The Morgan fingerprint density at radius 1 is 0.400 bits per heavy atom. The van der Waals surface area contributed by atoms with Crippen molar-refractivity contribution in [3.63, 3.8) is 0 Å². The zero-order valence-electron chi connectivity index (χ0n) is 34.4. The second-order valence-electron chi connectivity index (χ2n) is 18.7. The molecule has 0 saturated carbocycles. The summed E-state index contributed by atoms with van der Waals surface area (Å²) in [6.07, 6.45) is 0. The SMILES string of the molecule is CC(C)(C)[Si](C)(C)c1ccc2c(N(c3ccccc3)c3cccc4ccccc34)c3cc([Si](C)(C)C(C)(C)C)ccc3c(-c3cccc4ccccc34)c2c1. The Hall–Kier alpha value is -4.97. The van der Waals surface area contributed by atoms with E-state index in [1.807, 2.05) is 0 Å². The maximum absolute atomic E-state index is 2.60. The molecule has 0 aliphatic carbocycles. The van der Waals surface area contributed by atoms with Gasteiger partial charge in [0.2, 0.25) is 0 Å². The summed E-state index contributed by atoms with van der Waals surface area (Å²) in [4.78, 5) is 2.57. The van der Waals surface area contributed by atoms with E-state index >= 15 is 0 Å². The van der Waals surface area contributed by atoms with E-state index in [1.54, 1.807) is 0 Å². The lowest BCUT2D eigenvalue weighted by Crippen LogP contribution is -2.49. The smallest absolute Gasteiger partial charge is 0.0859 e. The van der Waals surface area contributed by atoms with Gasteiger partial charge in [-0.15, -0.1) is 0 Å². The Bertz CT molecular complexity index is 2720. The van der Waals surface area contributed by atoms with E-state index in [0.29, 0.717) is 0 Å². The third-order valence-electron chi connectivity index (χ3n) is 13.6. The molecule has 8 aromatic rings. The van der Waals surface area contributed by atoms with Crippen LogP contribution in [-0.2, 0) is 0 Å². The van der Waals surface area contributed by atoms with Gasteiger partial charge < -0.3 is 4.90 Å². The van der Waals surface area contributed by atoms with Crippen LogP contribution in [0.25, 0.3) is 54.2 Å². The molecule has 0 amide bonds. The molecule has 8 rings (SSSR count). The third kappa shape index (κ3) is 6.13. The summed E-state index contributed by atoms with van der Waals surface area (Å²) in [5, 5.41) is 13.6. The highest BCUT2D eigenvalue weighted by Gasteiger charge is 2.39. The van der Waals surface area contributed by atoms with Crippen LogP contribution in [0.2, 0.25) is 36.3 Å². The lowest BCUT2D eigenvalue weighted by atomic mass is 9.87. The van der Waals surface area contributed by atoms with Crippen molar-refractivity contribution in [3.8, 4) is 11.1 Å². The molecule has 55 heavy (non-hydrogen) atoms. The number of nitrogens with zero attached hydrogens (tertiary/aromatic N) is 1. The molecule has 1 nitrogen and oxygen atoms in total. The molecule has 0 spiro atoms. The molecule has 0 unspecified atom stereocenters. The zero-order chi connectivity index (χ0) is 38.9. The molecule has 8 aromatic carbocycles. The molecule has 0 aromatic heterocycles. The minimum absolute atomic E-state index is 0.184. The first-order valence-corrected chi connectivity index (χ1v) is 26.0. The van der Waals surface area contributed by atoms with Gasteiger partial charge in [-0.05, 0) is 66.3 Å². The average Bonchev–Trinajstić information content (AvgIpc) is 3.17. The van der Waals surface area contributed by atoms with Crippen molar-refractivity contribution in [2.75, 3.05) is 4.90 Å². The van der Waals surface area contributed by atoms with Crippen molar-refractivity contribution in [2.45, 2.75) is 77.8 Å². The van der Waals surface area contributed by atoms with Gasteiger partial charge in [0.05, 0.1) is 27.5 Å². The van der Waals surface area contributed by atoms with Gasteiger partial charge in [0.15, 0.2) is 0 Å². The van der Waals surface area contributed by atoms with Crippen LogP contribution < -0.4 is 15.3 Å². The number of hydrogen-bond donors (Lipinski definition) is 0. The number of anilines is 3. The summed E-state index contributed by atoms with van der Waals surface area (Å²) in [5.41, 5.74) is 6.22. The number of hydrogen-bond acceptors (Lipinski definition) is 1. The van der Waals surface area contributed by atoms with Crippen LogP contribution in [0.15, 0.2) is 152 Å². The van der Waals surface area contributed by atoms with E-state index in [4.69, 9.17) is 0 Å². The van der Waals surface area contributed by atoms with Crippen LogP contribution in [0.3, 0.4) is 0 Å². The Kier molecular flexibility index (Phi) is 8.98. The summed E-state index contributed by atoms with van der Waals surface area (Å²) in [6.45, 7) is 24.8. The van der Waals surface area contributed by atoms with Crippen molar-refractivity contribution >= 4 is 86.7 Å². The molecule has 0 bridgehead atoms. The molecule has 0 aliphatic heterocycles. The van der Waals surface area contributed by atoms with E-state index in [9.17, 15) is 0 Å². The fraction of sp³-hybridized carbons (Fsp3) is 0.231. The minimum atomic E-state index is -1.93. The normalized spacial score (nSPS) is 12.9. The second kappa shape index (κ2) is 13.4. The molecule has 3 heteroatoms. The van der Waals surface area contributed by atoms with Gasteiger partial charge >= 0.3 is 0 Å². The maximum Gasteiger partial charge on any atom is 0.0859 e. The predicted molar refractivity (Wildman–Crippen MR) is 250 cm³/mol. The highest BCUT2D eigenvalue weighted by molar-refractivity contribution is 6.92. The molecule has 0 N–H and O–H groups in total. The number of benzene rings is 8. The molecule has 0 fully saturated rings. The first-order chi connectivity index (χ1) is 26.1. The molecule has 0 atom stereocenters. The summed E-state index contributed by atoms with van der Waals surface area (Å²) in [5.74, 6) is 0. The van der Waals surface area contributed by atoms with Gasteiger partial charge in [0.1, 0.15) is 0 Å². The first kappa shape index (κ1) is 37.0. The monoisotopic (exact) mass is 749 g/mol. The molecule has 0 saturated heterocycles. The van der Waals surface area contributed by atoms with Crippen LogP contribution in [0.5, 0.6) is 0 Å². The van der Waals surface area contributed by atoms with Crippen molar-refractivity contribution < 1.29 is 0 Å². The van der Waals surface area contributed by atoms with E-state index in [0.717, 1.165) is 5.69 Å². The lowest BCUT2D eigenvalue weighted by molar-refractivity contribution is 0.729. The van der Waals surface area contributed by atoms with Gasteiger partial charge in [-0.3, -0.25) is 0 Å². The highest BCUT2D eigenvalue weighted by atomic mass is 28.3. The van der Waals surface area contributed by atoms with Crippen LogP contribution in [0, 0.1) is 0 Å². The van der Waals surface area contributed by atoms with Crippen molar-refractivity contribution in [1.29, 1.82) is 0 Å². The Balaban J connectivity index is 1.63. The van der Waals surface area contributed by atoms with E-state index in [1.165, 1.54) is 76.0 Å². The van der Waals surface area contributed by atoms with Crippen LogP contribution in [0.4, 0.5) is 17.1 Å². The average molecular weight is 750 g/mol. The Labute approximate surface area is 330 Å². The largest absolute Gasteiger partial charge is 0.309 e. The minimum Gasteiger partial charge on any atom is -0.309 e. The molecule has 0 heterocycles. The van der Waals surface area contributed by atoms with Gasteiger partial charge in [-0.2, -0.15) is 0 Å². The van der Waals surface area contributed by atoms with Crippen molar-refractivity contribution in [2.24, 2.45) is 0 Å². The van der Waals surface area contributed by atoms with Gasteiger partial charge in [-0.1, -0.05) is 212 Å². The molecular formula is C52H55NSi2. The number of fused-ring (bicyclic) bond motifs is 4. The summed E-state index contributed by atoms with van der Waals surface area (Å²) < 4.78 is 0. The van der Waals surface area contributed by atoms with Crippen LogP contribution in [-0.4, -0.2) is 16.1 Å². The third-order valence-corrected chi connectivity index (χ3v) is 24.6. The zero-order valence-corrected chi connectivity index (χ0v) is 36.4. The topological polar surface area (TPSA) is 3.24 Å². The quantitative estimate of drug-likeness (QED) is 0.121. The summed E-state index contributed by atoms with van der Waals surface area (Å²) in [6, 6.07) is 57.6. The Morgan fingerprint density at radius 3 is 1.51 bits per heavy atom. The van der Waals surface area contributed by atoms with Gasteiger partial charge in [-0.25, -0.2) is 0 Å². The van der Waals surface area contributed by atoms with Gasteiger partial charge in [0.25, 0.3) is 0 Å². The molecule has 0 radical (unpaired) electrons. The molecule has 0 aliphatic rings. The van der Waals surface area contributed by atoms with Crippen molar-refractivity contribution in [3.05, 3.63) is 152 Å². The Morgan fingerprint density at radius 2 is 0.891 bits per heavy atom. The summed E-state index contributed by atoms with van der Waals surface area (Å²) in [7, 11) is -3.85. The summed E-state index contributed by atoms with van der Waals surface area (Å²) >= 11 is 0. The number of rotatable bonds is 6. The fourth-order valence-corrected chi connectivity index (χ4v) is 11.9. The maximum atomic E-state index is 2.60. The number of para-hydroxylation sites is 1. The van der Waals surface area contributed by atoms with Gasteiger partial charge in [0, 0.05) is 21.8 Å². The van der Waals surface area contributed by atoms with E-state index in [-0.39, 0.29) is 10.1 Å². The predicted octanol–water partition coefficient (Wildman–Crippen LogP) is 14.9. The first-order valence-electron chi connectivity index (χ1n) is 20.0. The van der Waals surface area contributed by atoms with Crippen LogP contribution >= 0.6 is 0 Å². The van der Waals surface area contributed by atoms with Crippen LogP contribution in [0.1, 0.15) is 41.5 Å². The van der Waals surface area contributed by atoms with Crippen molar-refractivity contribution in [1.82, 2.24) is 0 Å². The second-order valence-corrected chi connectivity index (χ2v) is 29.3. The standard InChI is InChI=1S/C52H55NSi2/c1-51(2,3)54(7,8)39-31-33-45-46(34-39)49(43-28-18-22-36-20-14-16-26-41(36)43)44-32-30-40(55(9,10)52(4,5)6)35-47(44)50(45)53(38-24-12-11-13-25-38)48-29-19-23-37-21-15-17-27-42(37)48/h11-35H,1-10H3.